The van der Waals surface area contributed by atoms with Gasteiger partial charge in [-0.1, -0.05) is 18.2 Å². The van der Waals surface area contributed by atoms with Crippen molar-refractivity contribution >= 4 is 17.6 Å². The molecule has 0 fully saturated rings. The van der Waals surface area contributed by atoms with Crippen LogP contribution in [0.1, 0.15) is 50.3 Å². The van der Waals surface area contributed by atoms with Crippen molar-refractivity contribution in [3.05, 3.63) is 87.9 Å². The Bertz CT molecular complexity index is 1310. The van der Waals surface area contributed by atoms with Gasteiger partial charge in [0.1, 0.15) is 5.82 Å². The quantitative estimate of drug-likeness (QED) is 0.533. The SMILES string of the molecule is CCOC(=O)C1=C(N)N(c2cccc(C(F)(F)F)c2)C(C)=C(C(=O)OC(C)C)C1c1ccc(C#N)cc1. The number of anilines is 1. The number of benzene rings is 2. The van der Waals surface area contributed by atoms with Crippen LogP contribution in [0, 0.1) is 11.3 Å². The van der Waals surface area contributed by atoms with Crippen LogP contribution in [0.4, 0.5) is 18.9 Å². The van der Waals surface area contributed by atoms with E-state index in [-0.39, 0.29) is 35.0 Å². The lowest BCUT2D eigenvalue weighted by molar-refractivity contribution is -0.143. The number of alkyl halides is 3. The van der Waals surface area contributed by atoms with Gasteiger partial charge >= 0.3 is 18.1 Å². The second-order valence-electron chi connectivity index (χ2n) is 8.52. The molecular weight excluding hydrogens is 487 g/mol. The van der Waals surface area contributed by atoms with Gasteiger partial charge in [0, 0.05) is 11.4 Å². The maximum absolute atomic E-state index is 13.5. The Labute approximate surface area is 212 Å². The average Bonchev–Trinajstić information content (AvgIpc) is 2.83. The van der Waals surface area contributed by atoms with Crippen LogP contribution in [0.3, 0.4) is 0 Å². The van der Waals surface area contributed by atoms with Crippen LogP contribution in [0.2, 0.25) is 0 Å². The Kier molecular flexibility index (Phi) is 7.96. The fourth-order valence-electron chi connectivity index (χ4n) is 4.13. The lowest BCUT2D eigenvalue weighted by Gasteiger charge is -2.37. The lowest BCUT2D eigenvalue weighted by Crippen LogP contribution is -2.39. The van der Waals surface area contributed by atoms with Crippen molar-refractivity contribution in [2.45, 2.75) is 45.9 Å². The average molecular weight is 514 g/mol. The predicted molar refractivity (Wildman–Crippen MR) is 130 cm³/mol. The minimum atomic E-state index is -4.63. The second-order valence-corrected chi connectivity index (χ2v) is 8.52. The Morgan fingerprint density at radius 2 is 1.76 bits per heavy atom. The number of hydrogen-bond donors (Lipinski definition) is 1. The number of nitriles is 1. The molecule has 0 radical (unpaired) electrons. The van der Waals surface area contributed by atoms with E-state index in [9.17, 15) is 28.0 Å². The van der Waals surface area contributed by atoms with Crippen LogP contribution in [-0.4, -0.2) is 24.6 Å². The molecule has 0 aromatic heterocycles. The van der Waals surface area contributed by atoms with Crippen molar-refractivity contribution in [2.24, 2.45) is 5.73 Å². The molecule has 2 aromatic rings. The first-order valence-electron chi connectivity index (χ1n) is 11.5. The van der Waals surface area contributed by atoms with Gasteiger partial charge in [-0.2, -0.15) is 18.4 Å². The molecule has 1 heterocycles. The molecule has 1 aliphatic rings. The minimum absolute atomic E-state index is 0.000233. The van der Waals surface area contributed by atoms with Crippen LogP contribution in [0.25, 0.3) is 0 Å². The Hall–Kier alpha value is -4.26. The first-order valence-corrected chi connectivity index (χ1v) is 11.5. The summed E-state index contributed by atoms with van der Waals surface area (Å²) in [6.45, 7) is 6.40. The number of ether oxygens (including phenoxy) is 2. The molecule has 0 saturated carbocycles. The summed E-state index contributed by atoms with van der Waals surface area (Å²) >= 11 is 0. The van der Waals surface area contributed by atoms with Crippen molar-refractivity contribution in [1.29, 1.82) is 5.26 Å². The summed E-state index contributed by atoms with van der Waals surface area (Å²) in [5, 5.41) is 9.19. The molecule has 2 N–H and O–H groups in total. The van der Waals surface area contributed by atoms with E-state index in [1.165, 1.54) is 36.1 Å². The van der Waals surface area contributed by atoms with E-state index in [0.717, 1.165) is 12.1 Å². The Morgan fingerprint density at radius 1 is 1.11 bits per heavy atom. The van der Waals surface area contributed by atoms with Crippen molar-refractivity contribution < 1.29 is 32.2 Å². The van der Waals surface area contributed by atoms with E-state index in [1.807, 2.05) is 6.07 Å². The van der Waals surface area contributed by atoms with Crippen LogP contribution >= 0.6 is 0 Å². The molecule has 0 spiro atoms. The molecule has 1 aliphatic heterocycles. The number of nitrogens with zero attached hydrogens (tertiary/aromatic N) is 2. The molecule has 3 rings (SSSR count). The van der Waals surface area contributed by atoms with Gasteiger partial charge in [-0.25, -0.2) is 9.59 Å². The number of halogens is 3. The fraction of sp³-hybridized carbons (Fsp3) is 0.296. The van der Waals surface area contributed by atoms with Gasteiger partial charge in [-0.15, -0.1) is 0 Å². The number of esters is 2. The second kappa shape index (κ2) is 10.8. The smallest absolute Gasteiger partial charge is 0.416 e. The Morgan fingerprint density at radius 3 is 2.30 bits per heavy atom. The highest BCUT2D eigenvalue weighted by Crippen LogP contribution is 2.44. The number of carbonyl (C=O) groups excluding carboxylic acids is 2. The van der Waals surface area contributed by atoms with E-state index in [0.29, 0.717) is 11.1 Å². The van der Waals surface area contributed by atoms with Gasteiger partial charge in [0.05, 0.1) is 47.0 Å². The maximum Gasteiger partial charge on any atom is 0.416 e. The number of allylic oxidation sites excluding steroid dienone is 1. The highest BCUT2D eigenvalue weighted by Gasteiger charge is 2.42. The van der Waals surface area contributed by atoms with Gasteiger partial charge in [-0.05, 0) is 63.6 Å². The molecule has 194 valence electrons. The number of hydrogen-bond acceptors (Lipinski definition) is 7. The number of carbonyl (C=O) groups is 2. The molecule has 37 heavy (non-hydrogen) atoms. The van der Waals surface area contributed by atoms with Crippen LogP contribution in [0.5, 0.6) is 0 Å². The van der Waals surface area contributed by atoms with Crippen molar-refractivity contribution in [2.75, 3.05) is 11.5 Å². The molecule has 10 heteroatoms. The molecule has 0 aliphatic carbocycles. The summed E-state index contributed by atoms with van der Waals surface area (Å²) in [5.74, 6) is -2.85. The van der Waals surface area contributed by atoms with E-state index >= 15 is 0 Å². The molecule has 7 nitrogen and oxygen atoms in total. The predicted octanol–water partition coefficient (Wildman–Crippen LogP) is 5.14. The van der Waals surface area contributed by atoms with Gasteiger partial charge < -0.3 is 20.1 Å². The van der Waals surface area contributed by atoms with E-state index in [2.05, 4.69) is 0 Å². The normalized spacial score (nSPS) is 16.1. The van der Waals surface area contributed by atoms with E-state index in [1.54, 1.807) is 32.9 Å². The molecule has 1 atom stereocenters. The molecule has 0 bridgehead atoms. The highest BCUT2D eigenvalue weighted by atomic mass is 19.4. The van der Waals surface area contributed by atoms with Crippen molar-refractivity contribution in [3.63, 3.8) is 0 Å². The third kappa shape index (κ3) is 5.61. The van der Waals surface area contributed by atoms with Gasteiger partial charge in [-0.3, -0.25) is 0 Å². The summed E-state index contributed by atoms with van der Waals surface area (Å²) in [7, 11) is 0. The topological polar surface area (TPSA) is 106 Å². The Balaban J connectivity index is 2.35. The van der Waals surface area contributed by atoms with Crippen molar-refractivity contribution in [1.82, 2.24) is 0 Å². The largest absolute Gasteiger partial charge is 0.463 e. The molecule has 1 unspecified atom stereocenters. The van der Waals surface area contributed by atoms with Gasteiger partial charge in [0.15, 0.2) is 0 Å². The van der Waals surface area contributed by atoms with E-state index in [4.69, 9.17) is 15.2 Å². The zero-order valence-electron chi connectivity index (χ0n) is 20.7. The third-order valence-corrected chi connectivity index (χ3v) is 5.68. The standard InChI is InChI=1S/C27H26F3N3O4/c1-5-36-25(34)23-22(18-11-9-17(14-31)10-12-18)21(26(35)37-15(2)3)16(4)33(24(23)32)20-8-6-7-19(13-20)27(28,29)30/h6-13,15,22H,5,32H2,1-4H3. The van der Waals surface area contributed by atoms with Crippen LogP contribution < -0.4 is 10.6 Å². The first kappa shape index (κ1) is 27.3. The zero-order valence-corrected chi connectivity index (χ0v) is 20.7. The first-order chi connectivity index (χ1) is 17.4. The van der Waals surface area contributed by atoms with Crippen LogP contribution in [0.15, 0.2) is 71.2 Å². The fourth-order valence-corrected chi connectivity index (χ4v) is 4.13. The summed E-state index contributed by atoms with van der Waals surface area (Å²) in [6, 6.07) is 12.6. The highest BCUT2D eigenvalue weighted by molar-refractivity contribution is 6.01. The molecule has 0 amide bonds. The zero-order chi connectivity index (χ0) is 27.5. The van der Waals surface area contributed by atoms with E-state index < -0.39 is 35.7 Å². The summed E-state index contributed by atoms with van der Waals surface area (Å²) in [4.78, 5) is 27.8. The monoisotopic (exact) mass is 513 g/mol. The molecule has 0 saturated heterocycles. The summed E-state index contributed by atoms with van der Waals surface area (Å²) in [5.41, 5.74) is 6.40. The van der Waals surface area contributed by atoms with Crippen molar-refractivity contribution in [3.8, 4) is 6.07 Å². The van der Waals surface area contributed by atoms with Crippen LogP contribution in [-0.2, 0) is 25.2 Å². The number of nitrogens with two attached hydrogens (primary N) is 1. The van der Waals surface area contributed by atoms with Gasteiger partial charge in [0.25, 0.3) is 0 Å². The maximum atomic E-state index is 13.5. The lowest BCUT2D eigenvalue weighted by atomic mass is 9.80. The minimum Gasteiger partial charge on any atom is -0.463 e. The summed E-state index contributed by atoms with van der Waals surface area (Å²) in [6.07, 6.45) is -5.15. The molecule has 2 aromatic carbocycles. The molecular formula is C27H26F3N3O4. The third-order valence-electron chi connectivity index (χ3n) is 5.68. The summed E-state index contributed by atoms with van der Waals surface area (Å²) < 4.78 is 51.2. The number of rotatable bonds is 6. The van der Waals surface area contributed by atoms with Gasteiger partial charge in [0.2, 0.25) is 0 Å².